The molecule has 0 aromatic heterocycles. The topological polar surface area (TPSA) is 38.5 Å². The SMILES string of the molecule is CON1CC[C@H]2CC1(C)CCC2N. The highest BCUT2D eigenvalue weighted by molar-refractivity contribution is 4.97. The monoisotopic (exact) mass is 184 g/mol. The molecule has 3 heteroatoms. The summed E-state index contributed by atoms with van der Waals surface area (Å²) in [5, 5.41) is 2.15. The Kier molecular flexibility index (Phi) is 2.34. The van der Waals surface area contributed by atoms with Crippen molar-refractivity contribution in [2.75, 3.05) is 13.7 Å². The van der Waals surface area contributed by atoms with Gasteiger partial charge in [0.15, 0.2) is 0 Å². The van der Waals surface area contributed by atoms with Gasteiger partial charge in [0.25, 0.3) is 0 Å². The van der Waals surface area contributed by atoms with E-state index in [9.17, 15) is 0 Å². The van der Waals surface area contributed by atoms with Crippen LogP contribution in [0.2, 0.25) is 0 Å². The van der Waals surface area contributed by atoms with Gasteiger partial charge in [-0.3, -0.25) is 0 Å². The number of hydrogen-bond acceptors (Lipinski definition) is 3. The Morgan fingerprint density at radius 2 is 2.23 bits per heavy atom. The van der Waals surface area contributed by atoms with Crippen LogP contribution in [0.1, 0.15) is 32.6 Å². The average molecular weight is 184 g/mol. The van der Waals surface area contributed by atoms with E-state index in [0.717, 1.165) is 18.9 Å². The van der Waals surface area contributed by atoms with Gasteiger partial charge in [0, 0.05) is 18.1 Å². The van der Waals surface area contributed by atoms with Gasteiger partial charge < -0.3 is 10.6 Å². The summed E-state index contributed by atoms with van der Waals surface area (Å²) in [6.07, 6.45) is 4.74. The highest BCUT2D eigenvalue weighted by atomic mass is 16.7. The van der Waals surface area contributed by atoms with Gasteiger partial charge in [0.05, 0.1) is 7.11 Å². The van der Waals surface area contributed by atoms with Crippen molar-refractivity contribution in [1.82, 2.24) is 5.06 Å². The molecule has 0 aromatic rings. The molecule has 1 saturated heterocycles. The smallest absolute Gasteiger partial charge is 0.0575 e. The van der Waals surface area contributed by atoms with E-state index in [2.05, 4.69) is 12.0 Å². The lowest BCUT2D eigenvalue weighted by Gasteiger charge is -2.51. The zero-order chi connectivity index (χ0) is 9.47. The fourth-order valence-corrected chi connectivity index (χ4v) is 2.94. The molecule has 2 aliphatic rings. The van der Waals surface area contributed by atoms with Gasteiger partial charge in [-0.1, -0.05) is 0 Å². The first-order chi connectivity index (χ1) is 6.15. The third-order valence-electron chi connectivity index (χ3n) is 3.85. The van der Waals surface area contributed by atoms with E-state index >= 15 is 0 Å². The molecule has 2 unspecified atom stereocenters. The molecule has 1 aliphatic heterocycles. The number of piperidine rings is 1. The van der Waals surface area contributed by atoms with Crippen LogP contribution in [0.5, 0.6) is 0 Å². The minimum atomic E-state index is 0.257. The Bertz CT molecular complexity index is 197. The molecule has 0 aromatic carbocycles. The van der Waals surface area contributed by atoms with Crippen molar-refractivity contribution in [1.29, 1.82) is 0 Å². The summed E-state index contributed by atoms with van der Waals surface area (Å²) in [6, 6.07) is 0.437. The van der Waals surface area contributed by atoms with E-state index in [4.69, 9.17) is 10.6 Å². The van der Waals surface area contributed by atoms with E-state index in [1.165, 1.54) is 19.3 Å². The van der Waals surface area contributed by atoms with Crippen LogP contribution in [0.15, 0.2) is 0 Å². The standard InChI is InChI=1S/C10H20N2O/c1-10-5-3-9(11)8(7-10)4-6-12(10)13-2/h8-9H,3-7,11H2,1-2H3/t8-,9?,10?/m0/s1. The third kappa shape index (κ3) is 1.49. The normalized spacial score (nSPS) is 46.4. The second kappa shape index (κ2) is 3.23. The van der Waals surface area contributed by atoms with Gasteiger partial charge in [-0.25, -0.2) is 0 Å². The first kappa shape index (κ1) is 9.44. The van der Waals surface area contributed by atoms with E-state index < -0.39 is 0 Å². The zero-order valence-electron chi connectivity index (χ0n) is 8.62. The van der Waals surface area contributed by atoms with Crippen molar-refractivity contribution in [2.45, 2.75) is 44.2 Å². The molecule has 1 saturated carbocycles. The fraction of sp³-hybridized carbons (Fsp3) is 1.00. The van der Waals surface area contributed by atoms with Crippen molar-refractivity contribution < 1.29 is 4.84 Å². The van der Waals surface area contributed by atoms with E-state index in [0.29, 0.717) is 6.04 Å². The molecule has 2 bridgehead atoms. The van der Waals surface area contributed by atoms with Crippen LogP contribution in [-0.2, 0) is 4.84 Å². The average Bonchev–Trinajstić information content (AvgIpc) is 2.12. The highest BCUT2D eigenvalue weighted by Crippen LogP contribution is 2.41. The molecule has 2 N–H and O–H groups in total. The van der Waals surface area contributed by atoms with Gasteiger partial charge >= 0.3 is 0 Å². The van der Waals surface area contributed by atoms with Gasteiger partial charge in [0.1, 0.15) is 0 Å². The predicted octanol–water partition coefficient (Wildman–Crippen LogP) is 1.14. The predicted molar refractivity (Wildman–Crippen MR) is 52.1 cm³/mol. The van der Waals surface area contributed by atoms with E-state index in [-0.39, 0.29) is 5.54 Å². The number of nitrogens with zero attached hydrogens (tertiary/aromatic N) is 1. The summed E-state index contributed by atoms with van der Waals surface area (Å²) >= 11 is 0. The molecule has 76 valence electrons. The van der Waals surface area contributed by atoms with Crippen LogP contribution >= 0.6 is 0 Å². The maximum absolute atomic E-state index is 6.07. The van der Waals surface area contributed by atoms with Crippen LogP contribution in [0, 0.1) is 5.92 Å². The molecular weight excluding hydrogens is 164 g/mol. The molecule has 2 rings (SSSR count). The Morgan fingerprint density at radius 1 is 1.46 bits per heavy atom. The van der Waals surface area contributed by atoms with Crippen molar-refractivity contribution in [3.63, 3.8) is 0 Å². The van der Waals surface area contributed by atoms with Gasteiger partial charge in [-0.05, 0) is 38.5 Å². The van der Waals surface area contributed by atoms with Crippen LogP contribution in [0.25, 0.3) is 0 Å². The number of rotatable bonds is 1. The molecule has 0 spiro atoms. The van der Waals surface area contributed by atoms with Crippen LogP contribution < -0.4 is 5.73 Å². The quantitative estimate of drug-likeness (QED) is 0.664. The van der Waals surface area contributed by atoms with Crippen LogP contribution in [0.3, 0.4) is 0 Å². The first-order valence-electron chi connectivity index (χ1n) is 5.23. The molecule has 0 amide bonds. The molecular formula is C10H20N2O. The van der Waals surface area contributed by atoms with E-state index in [1.807, 2.05) is 0 Å². The minimum Gasteiger partial charge on any atom is -0.327 e. The van der Waals surface area contributed by atoms with Gasteiger partial charge in [-0.15, -0.1) is 0 Å². The van der Waals surface area contributed by atoms with Gasteiger partial charge in [0.2, 0.25) is 0 Å². The molecule has 2 fully saturated rings. The van der Waals surface area contributed by atoms with Crippen molar-refractivity contribution in [2.24, 2.45) is 11.7 Å². The lowest BCUT2D eigenvalue weighted by molar-refractivity contribution is -0.230. The molecule has 3 nitrogen and oxygen atoms in total. The maximum atomic E-state index is 6.07. The Morgan fingerprint density at radius 3 is 2.92 bits per heavy atom. The summed E-state index contributed by atoms with van der Waals surface area (Å²) in [7, 11) is 1.78. The molecule has 0 radical (unpaired) electrons. The Balaban J connectivity index is 2.11. The zero-order valence-corrected chi connectivity index (χ0v) is 8.62. The largest absolute Gasteiger partial charge is 0.327 e. The summed E-state index contributed by atoms with van der Waals surface area (Å²) < 4.78 is 0. The fourth-order valence-electron chi connectivity index (χ4n) is 2.94. The Hall–Kier alpha value is -0.120. The Labute approximate surface area is 80.2 Å². The summed E-state index contributed by atoms with van der Waals surface area (Å²) in [5.74, 6) is 0.727. The number of fused-ring (bicyclic) bond motifs is 2. The molecule has 1 aliphatic carbocycles. The number of hydroxylamine groups is 2. The van der Waals surface area contributed by atoms with Crippen LogP contribution in [-0.4, -0.2) is 30.3 Å². The van der Waals surface area contributed by atoms with Crippen LogP contribution in [0.4, 0.5) is 0 Å². The lowest BCUT2D eigenvalue weighted by Crippen LogP contribution is -2.57. The summed E-state index contributed by atoms with van der Waals surface area (Å²) in [4.78, 5) is 5.41. The molecule has 13 heavy (non-hydrogen) atoms. The number of nitrogens with two attached hydrogens (primary N) is 1. The highest BCUT2D eigenvalue weighted by Gasteiger charge is 2.44. The van der Waals surface area contributed by atoms with Gasteiger partial charge in [-0.2, -0.15) is 5.06 Å². The number of hydrogen-bond donors (Lipinski definition) is 1. The maximum Gasteiger partial charge on any atom is 0.0575 e. The van der Waals surface area contributed by atoms with Crippen molar-refractivity contribution in [3.05, 3.63) is 0 Å². The second-order valence-corrected chi connectivity index (χ2v) is 4.74. The van der Waals surface area contributed by atoms with Crippen molar-refractivity contribution >= 4 is 0 Å². The molecule has 3 atom stereocenters. The van der Waals surface area contributed by atoms with Crippen molar-refractivity contribution in [3.8, 4) is 0 Å². The minimum absolute atomic E-state index is 0.257. The summed E-state index contributed by atoms with van der Waals surface area (Å²) in [5.41, 5.74) is 6.33. The molecule has 1 heterocycles. The second-order valence-electron chi connectivity index (χ2n) is 4.74. The first-order valence-corrected chi connectivity index (χ1v) is 5.23. The van der Waals surface area contributed by atoms with E-state index in [1.54, 1.807) is 7.11 Å². The lowest BCUT2D eigenvalue weighted by atomic mass is 9.70. The third-order valence-corrected chi connectivity index (χ3v) is 3.85. The summed E-state index contributed by atoms with van der Waals surface area (Å²) in [6.45, 7) is 3.35.